The monoisotopic (exact) mass is 367 g/mol. The fourth-order valence-electron chi connectivity index (χ4n) is 4.38. The number of rotatable bonds is 5. The second kappa shape index (κ2) is 8.67. The third kappa shape index (κ3) is 4.76. The van der Waals surface area contributed by atoms with Crippen molar-refractivity contribution in [3.05, 3.63) is 58.6 Å². The average molecular weight is 367 g/mol. The van der Waals surface area contributed by atoms with Crippen molar-refractivity contribution in [2.75, 3.05) is 31.1 Å². The van der Waals surface area contributed by atoms with Crippen molar-refractivity contribution >= 4 is 5.82 Å². The van der Waals surface area contributed by atoms with E-state index >= 15 is 0 Å². The first-order valence-corrected chi connectivity index (χ1v) is 10.1. The number of piperidine rings is 2. The second-order valence-electron chi connectivity index (χ2n) is 7.75. The lowest BCUT2D eigenvalue weighted by Crippen LogP contribution is -2.54. The smallest absolute Gasteiger partial charge is 0.290 e. The van der Waals surface area contributed by atoms with Gasteiger partial charge in [0, 0.05) is 50.7 Å². The Bertz CT molecular complexity index is 777. The van der Waals surface area contributed by atoms with Crippen LogP contribution in [0, 0.1) is 0 Å². The largest absolute Gasteiger partial charge is 0.350 e. The van der Waals surface area contributed by atoms with Gasteiger partial charge in [0.2, 0.25) is 0 Å². The summed E-state index contributed by atoms with van der Waals surface area (Å²) < 4.78 is 0. The van der Waals surface area contributed by atoms with Crippen LogP contribution < -0.4 is 15.8 Å². The van der Waals surface area contributed by atoms with Gasteiger partial charge in [-0.25, -0.2) is 4.98 Å². The summed E-state index contributed by atoms with van der Waals surface area (Å²) in [6, 6.07) is 11.7. The number of nitrogens with one attached hydrogen (secondary N) is 2. The van der Waals surface area contributed by atoms with Gasteiger partial charge in [0.15, 0.2) is 5.82 Å². The summed E-state index contributed by atoms with van der Waals surface area (Å²) in [6.45, 7) is 5.06. The van der Waals surface area contributed by atoms with E-state index in [9.17, 15) is 4.79 Å². The number of benzene rings is 1. The predicted octanol–water partition coefficient (Wildman–Crippen LogP) is 1.99. The lowest BCUT2D eigenvalue weighted by molar-refractivity contribution is 0.172. The number of hydrogen-bond donors (Lipinski definition) is 2. The Morgan fingerprint density at radius 1 is 1.07 bits per heavy atom. The average Bonchev–Trinajstić information content (AvgIpc) is 2.70. The molecule has 2 aromatic rings. The molecule has 144 valence electrons. The second-order valence-corrected chi connectivity index (χ2v) is 7.75. The van der Waals surface area contributed by atoms with Gasteiger partial charge in [-0.2, -0.15) is 0 Å². The molecular formula is C21H29N5O. The van der Waals surface area contributed by atoms with E-state index in [0.717, 1.165) is 39.0 Å². The Morgan fingerprint density at radius 2 is 1.85 bits per heavy atom. The van der Waals surface area contributed by atoms with Gasteiger partial charge in [0.25, 0.3) is 5.56 Å². The molecule has 2 atom stereocenters. The van der Waals surface area contributed by atoms with Crippen LogP contribution in [0.1, 0.15) is 31.2 Å². The van der Waals surface area contributed by atoms with Gasteiger partial charge in [-0.05, 0) is 37.8 Å². The highest BCUT2D eigenvalue weighted by Crippen LogP contribution is 2.18. The van der Waals surface area contributed by atoms with Crippen molar-refractivity contribution in [2.45, 2.75) is 44.3 Å². The third-order valence-electron chi connectivity index (χ3n) is 5.64. The summed E-state index contributed by atoms with van der Waals surface area (Å²) in [5.41, 5.74) is 1.29. The van der Waals surface area contributed by atoms with Crippen molar-refractivity contribution in [1.82, 2.24) is 20.2 Å². The Hall–Kier alpha value is -2.18. The molecule has 0 saturated carbocycles. The molecule has 2 aliphatic heterocycles. The maximum absolute atomic E-state index is 12.0. The third-order valence-corrected chi connectivity index (χ3v) is 5.64. The van der Waals surface area contributed by atoms with E-state index in [1.165, 1.54) is 24.9 Å². The molecule has 1 aromatic carbocycles. The van der Waals surface area contributed by atoms with Gasteiger partial charge in [0.1, 0.15) is 0 Å². The van der Waals surface area contributed by atoms with E-state index in [2.05, 4.69) is 55.4 Å². The Labute approximate surface area is 160 Å². The van der Waals surface area contributed by atoms with Gasteiger partial charge in [-0.15, -0.1) is 0 Å². The van der Waals surface area contributed by atoms with Crippen molar-refractivity contribution < 1.29 is 0 Å². The van der Waals surface area contributed by atoms with E-state index in [1.807, 2.05) is 0 Å². The zero-order valence-electron chi connectivity index (χ0n) is 15.8. The molecule has 0 bridgehead atoms. The first-order valence-electron chi connectivity index (χ1n) is 10.1. The summed E-state index contributed by atoms with van der Waals surface area (Å²) in [5.74, 6) is 0.554. The number of aromatic nitrogens is 2. The summed E-state index contributed by atoms with van der Waals surface area (Å²) in [5, 5.41) is 3.87. The summed E-state index contributed by atoms with van der Waals surface area (Å²) >= 11 is 0. The summed E-state index contributed by atoms with van der Waals surface area (Å²) in [7, 11) is 0. The first-order chi connectivity index (χ1) is 13.3. The van der Waals surface area contributed by atoms with Crippen molar-refractivity contribution in [1.29, 1.82) is 0 Å². The van der Waals surface area contributed by atoms with Crippen LogP contribution >= 0.6 is 0 Å². The fourth-order valence-corrected chi connectivity index (χ4v) is 4.38. The van der Waals surface area contributed by atoms with Gasteiger partial charge < -0.3 is 15.2 Å². The Morgan fingerprint density at radius 3 is 2.67 bits per heavy atom. The predicted molar refractivity (Wildman–Crippen MR) is 108 cm³/mol. The molecule has 2 N–H and O–H groups in total. The van der Waals surface area contributed by atoms with Crippen molar-refractivity contribution in [2.24, 2.45) is 0 Å². The molecule has 3 heterocycles. The number of H-pyrrole nitrogens is 1. The maximum atomic E-state index is 12.0. The highest BCUT2D eigenvalue weighted by molar-refractivity contribution is 5.36. The minimum atomic E-state index is -0.0927. The van der Waals surface area contributed by atoms with Gasteiger partial charge in [0.05, 0.1) is 0 Å². The van der Waals surface area contributed by atoms with E-state index in [4.69, 9.17) is 0 Å². The standard InChI is InChI=1S/C21H29N5O/c27-21-20(22-10-11-23-21)26-13-5-9-19(16-26)24-18-8-4-12-25(15-18)14-17-6-2-1-3-7-17/h1-3,6-7,10-11,18-19,24H,4-5,8-9,12-16H2,(H,23,27)/t18-,19-/m0/s1. The quantitative estimate of drug-likeness (QED) is 0.846. The van der Waals surface area contributed by atoms with E-state index < -0.39 is 0 Å². The van der Waals surface area contributed by atoms with Gasteiger partial charge in [-0.1, -0.05) is 30.3 Å². The van der Waals surface area contributed by atoms with Crippen molar-refractivity contribution in [3.63, 3.8) is 0 Å². The van der Waals surface area contributed by atoms with Crippen LogP contribution in [-0.2, 0) is 6.54 Å². The molecule has 1 aromatic heterocycles. The topological polar surface area (TPSA) is 64.3 Å². The zero-order chi connectivity index (χ0) is 18.5. The molecule has 0 unspecified atom stereocenters. The van der Waals surface area contributed by atoms with Crippen LogP contribution in [0.4, 0.5) is 5.82 Å². The van der Waals surface area contributed by atoms with Crippen LogP contribution in [0.15, 0.2) is 47.5 Å². The first kappa shape index (κ1) is 18.2. The molecule has 0 spiro atoms. The molecule has 2 aliphatic rings. The number of hydrogen-bond acceptors (Lipinski definition) is 5. The zero-order valence-corrected chi connectivity index (χ0v) is 15.8. The fraction of sp³-hybridized carbons (Fsp3) is 0.524. The van der Waals surface area contributed by atoms with Gasteiger partial charge >= 0.3 is 0 Å². The molecule has 0 radical (unpaired) electrons. The normalized spacial score (nSPS) is 24.1. The minimum Gasteiger partial charge on any atom is -0.350 e. The molecule has 2 fully saturated rings. The van der Waals surface area contributed by atoms with E-state index in [1.54, 1.807) is 12.4 Å². The minimum absolute atomic E-state index is 0.0927. The molecule has 0 aliphatic carbocycles. The molecule has 0 amide bonds. The van der Waals surface area contributed by atoms with Crippen LogP contribution in [-0.4, -0.2) is 53.1 Å². The molecule has 2 saturated heterocycles. The lowest BCUT2D eigenvalue weighted by Gasteiger charge is -2.39. The Kier molecular flexibility index (Phi) is 5.84. The highest BCUT2D eigenvalue weighted by atomic mass is 16.1. The maximum Gasteiger partial charge on any atom is 0.290 e. The molecule has 4 rings (SSSR count). The van der Waals surface area contributed by atoms with E-state index in [-0.39, 0.29) is 5.56 Å². The number of likely N-dealkylation sites (tertiary alicyclic amines) is 1. The van der Waals surface area contributed by atoms with Crippen LogP contribution in [0.25, 0.3) is 0 Å². The van der Waals surface area contributed by atoms with Crippen molar-refractivity contribution in [3.8, 4) is 0 Å². The summed E-state index contributed by atoms with van der Waals surface area (Å²) in [4.78, 5) is 23.8. The van der Waals surface area contributed by atoms with E-state index in [0.29, 0.717) is 17.9 Å². The van der Waals surface area contributed by atoms with Crippen LogP contribution in [0.5, 0.6) is 0 Å². The van der Waals surface area contributed by atoms with Crippen LogP contribution in [0.3, 0.4) is 0 Å². The SMILES string of the molecule is O=c1[nH]ccnc1N1CCC[C@H](N[C@H]2CCCN(Cc3ccccc3)C2)C1. The van der Waals surface area contributed by atoms with Crippen LogP contribution in [0.2, 0.25) is 0 Å². The molecule has 27 heavy (non-hydrogen) atoms. The number of anilines is 1. The lowest BCUT2D eigenvalue weighted by atomic mass is 10.0. The van der Waals surface area contributed by atoms with Gasteiger partial charge in [-0.3, -0.25) is 9.69 Å². The molecule has 6 heteroatoms. The summed E-state index contributed by atoms with van der Waals surface area (Å²) in [6.07, 6.45) is 7.97. The highest BCUT2D eigenvalue weighted by Gasteiger charge is 2.27. The molecule has 6 nitrogen and oxygen atoms in total. The molecular weight excluding hydrogens is 338 g/mol. The number of aromatic amines is 1. The Balaban J connectivity index is 1.33. The number of nitrogens with zero attached hydrogens (tertiary/aromatic N) is 3.